The molecule has 0 aromatic carbocycles. The number of hydrogen-bond acceptors (Lipinski definition) is 5. The second-order valence-electron chi connectivity index (χ2n) is 5.19. The van der Waals surface area contributed by atoms with Gasteiger partial charge in [-0.2, -0.15) is 0 Å². The van der Waals surface area contributed by atoms with Crippen molar-refractivity contribution in [3.63, 3.8) is 0 Å². The topological polar surface area (TPSA) is 58.8 Å². The molecule has 0 aromatic heterocycles. The smallest absolute Gasteiger partial charge is 0.322 e. The summed E-state index contributed by atoms with van der Waals surface area (Å²) in [7, 11) is 5.61. The maximum absolute atomic E-state index is 11.2. The third-order valence-corrected chi connectivity index (χ3v) is 3.57. The zero-order valence-corrected chi connectivity index (χ0v) is 11.3. The van der Waals surface area contributed by atoms with E-state index in [2.05, 4.69) is 35.6 Å². The number of carbonyl (C=O) groups is 1. The van der Waals surface area contributed by atoms with Gasteiger partial charge in [-0.1, -0.05) is 6.92 Å². The third-order valence-electron chi connectivity index (χ3n) is 3.57. The summed E-state index contributed by atoms with van der Waals surface area (Å²) in [6.07, 6.45) is 0.666. The minimum Gasteiger partial charge on any atom is -0.468 e. The molecule has 2 N–H and O–H groups in total. The Kier molecular flexibility index (Phi) is 5.36. The van der Waals surface area contributed by atoms with Gasteiger partial charge in [-0.25, -0.2) is 0 Å². The van der Waals surface area contributed by atoms with Crippen molar-refractivity contribution in [2.24, 2.45) is 11.7 Å². The normalized spacial score (nSPS) is 27.4. The molecule has 1 aliphatic heterocycles. The van der Waals surface area contributed by atoms with E-state index >= 15 is 0 Å². The molecule has 1 aliphatic rings. The van der Waals surface area contributed by atoms with E-state index in [4.69, 9.17) is 5.73 Å². The highest BCUT2D eigenvalue weighted by atomic mass is 16.5. The number of rotatable bonds is 5. The van der Waals surface area contributed by atoms with Gasteiger partial charge < -0.3 is 20.3 Å². The number of esters is 1. The monoisotopic (exact) mass is 243 g/mol. The van der Waals surface area contributed by atoms with Crippen molar-refractivity contribution in [1.29, 1.82) is 0 Å². The van der Waals surface area contributed by atoms with Gasteiger partial charge in [-0.05, 0) is 26.4 Å². The van der Waals surface area contributed by atoms with Gasteiger partial charge in [0, 0.05) is 25.7 Å². The van der Waals surface area contributed by atoms with Crippen LogP contribution in [0, 0.1) is 5.92 Å². The standard InChI is InChI=1S/C12H25N3O2/c1-9-7-15(8-11(9)14(2)3)6-5-10(13)12(16)17-4/h9-11H,5-8,13H2,1-4H3. The fraction of sp³-hybridized carbons (Fsp3) is 0.917. The predicted molar refractivity (Wildman–Crippen MR) is 67.7 cm³/mol. The molecule has 1 fully saturated rings. The van der Waals surface area contributed by atoms with Crippen molar-refractivity contribution >= 4 is 5.97 Å². The molecular weight excluding hydrogens is 218 g/mol. The highest BCUT2D eigenvalue weighted by Crippen LogP contribution is 2.20. The average molecular weight is 243 g/mol. The van der Waals surface area contributed by atoms with E-state index in [9.17, 15) is 4.79 Å². The van der Waals surface area contributed by atoms with Crippen LogP contribution in [0.25, 0.3) is 0 Å². The van der Waals surface area contributed by atoms with Crippen LogP contribution in [0.15, 0.2) is 0 Å². The Morgan fingerprint density at radius 2 is 2.18 bits per heavy atom. The first-order chi connectivity index (χ1) is 7.95. The van der Waals surface area contributed by atoms with Crippen LogP contribution in [0.4, 0.5) is 0 Å². The predicted octanol–water partition coefficient (Wildman–Crippen LogP) is -0.241. The molecule has 3 atom stereocenters. The van der Waals surface area contributed by atoms with Crippen LogP contribution in [-0.4, -0.2) is 68.7 Å². The van der Waals surface area contributed by atoms with Gasteiger partial charge in [-0.15, -0.1) is 0 Å². The van der Waals surface area contributed by atoms with Crippen molar-refractivity contribution in [2.45, 2.75) is 25.4 Å². The molecule has 0 spiro atoms. The number of likely N-dealkylation sites (tertiary alicyclic amines) is 1. The van der Waals surface area contributed by atoms with Gasteiger partial charge >= 0.3 is 5.97 Å². The lowest BCUT2D eigenvalue weighted by Gasteiger charge is -2.22. The number of nitrogens with zero attached hydrogens (tertiary/aromatic N) is 2. The minimum absolute atomic E-state index is 0.318. The van der Waals surface area contributed by atoms with Crippen molar-refractivity contribution in [3.05, 3.63) is 0 Å². The second-order valence-corrected chi connectivity index (χ2v) is 5.19. The Hall–Kier alpha value is -0.650. The van der Waals surface area contributed by atoms with Gasteiger partial charge in [0.05, 0.1) is 7.11 Å². The third kappa shape index (κ3) is 3.94. The molecule has 5 heteroatoms. The molecule has 1 saturated heterocycles. The first kappa shape index (κ1) is 14.4. The summed E-state index contributed by atoms with van der Waals surface area (Å²) in [4.78, 5) is 15.8. The zero-order valence-electron chi connectivity index (χ0n) is 11.3. The summed E-state index contributed by atoms with van der Waals surface area (Å²) in [6.45, 7) is 5.27. The van der Waals surface area contributed by atoms with Crippen LogP contribution in [0.5, 0.6) is 0 Å². The largest absolute Gasteiger partial charge is 0.468 e. The van der Waals surface area contributed by atoms with Gasteiger partial charge in [0.2, 0.25) is 0 Å². The highest BCUT2D eigenvalue weighted by molar-refractivity contribution is 5.75. The van der Waals surface area contributed by atoms with Crippen LogP contribution in [0.1, 0.15) is 13.3 Å². The van der Waals surface area contributed by atoms with E-state index in [-0.39, 0.29) is 5.97 Å². The van der Waals surface area contributed by atoms with E-state index < -0.39 is 6.04 Å². The van der Waals surface area contributed by atoms with Crippen LogP contribution in [0.3, 0.4) is 0 Å². The maximum Gasteiger partial charge on any atom is 0.322 e. The number of likely N-dealkylation sites (N-methyl/N-ethyl adjacent to an activating group) is 1. The first-order valence-electron chi connectivity index (χ1n) is 6.18. The van der Waals surface area contributed by atoms with Crippen molar-refractivity contribution in [3.8, 4) is 0 Å². The van der Waals surface area contributed by atoms with E-state index in [1.165, 1.54) is 7.11 Å². The molecule has 0 aromatic rings. The molecule has 100 valence electrons. The highest BCUT2D eigenvalue weighted by Gasteiger charge is 2.31. The Morgan fingerprint density at radius 3 is 2.65 bits per heavy atom. The second kappa shape index (κ2) is 6.33. The maximum atomic E-state index is 11.2. The lowest BCUT2D eigenvalue weighted by Crippen LogP contribution is -2.37. The molecule has 1 rings (SSSR count). The first-order valence-corrected chi connectivity index (χ1v) is 6.18. The summed E-state index contributed by atoms with van der Waals surface area (Å²) in [5.74, 6) is 0.348. The Balaban J connectivity index is 2.33. The number of methoxy groups -OCH3 is 1. The molecule has 0 aliphatic carbocycles. The summed E-state index contributed by atoms with van der Waals surface area (Å²) < 4.78 is 4.62. The number of carbonyl (C=O) groups excluding carboxylic acids is 1. The molecule has 1 heterocycles. The van der Waals surface area contributed by atoms with Gasteiger partial charge in [0.1, 0.15) is 6.04 Å². The molecular formula is C12H25N3O2. The van der Waals surface area contributed by atoms with Crippen LogP contribution >= 0.6 is 0 Å². The Bertz CT molecular complexity index is 258. The Morgan fingerprint density at radius 1 is 1.53 bits per heavy atom. The number of nitrogens with two attached hydrogens (primary N) is 1. The summed E-state index contributed by atoms with van der Waals surface area (Å²) >= 11 is 0. The summed E-state index contributed by atoms with van der Waals surface area (Å²) in [6, 6.07) is 0.109. The summed E-state index contributed by atoms with van der Waals surface area (Å²) in [5, 5.41) is 0. The molecule has 0 radical (unpaired) electrons. The molecule has 0 amide bonds. The van der Waals surface area contributed by atoms with Crippen LogP contribution in [-0.2, 0) is 9.53 Å². The zero-order chi connectivity index (χ0) is 13.0. The lowest BCUT2D eigenvalue weighted by atomic mass is 10.1. The number of ether oxygens (including phenoxy) is 1. The Labute approximate surface area is 104 Å². The van der Waals surface area contributed by atoms with E-state index in [0.717, 1.165) is 19.6 Å². The minimum atomic E-state index is -0.492. The lowest BCUT2D eigenvalue weighted by molar-refractivity contribution is -0.142. The van der Waals surface area contributed by atoms with Crippen LogP contribution in [0.2, 0.25) is 0 Å². The molecule has 5 nitrogen and oxygen atoms in total. The molecule has 0 saturated carbocycles. The van der Waals surface area contributed by atoms with Gasteiger partial charge in [0.25, 0.3) is 0 Å². The van der Waals surface area contributed by atoms with E-state index in [0.29, 0.717) is 18.4 Å². The average Bonchev–Trinajstić information content (AvgIpc) is 2.66. The SMILES string of the molecule is COC(=O)C(N)CCN1CC(C)C(N(C)C)C1. The summed E-state index contributed by atoms with van der Waals surface area (Å²) in [5.41, 5.74) is 5.72. The number of hydrogen-bond donors (Lipinski definition) is 1. The molecule has 0 bridgehead atoms. The fourth-order valence-corrected chi connectivity index (χ4v) is 2.49. The van der Waals surface area contributed by atoms with Crippen molar-refractivity contribution in [2.75, 3.05) is 40.8 Å². The quantitative estimate of drug-likeness (QED) is 0.675. The van der Waals surface area contributed by atoms with Gasteiger partial charge in [0.15, 0.2) is 0 Å². The fourth-order valence-electron chi connectivity index (χ4n) is 2.49. The molecule has 17 heavy (non-hydrogen) atoms. The molecule has 3 unspecified atom stereocenters. The van der Waals surface area contributed by atoms with E-state index in [1.54, 1.807) is 0 Å². The van der Waals surface area contributed by atoms with Crippen molar-refractivity contribution in [1.82, 2.24) is 9.80 Å². The van der Waals surface area contributed by atoms with Crippen LogP contribution < -0.4 is 5.73 Å². The van der Waals surface area contributed by atoms with Crippen molar-refractivity contribution < 1.29 is 9.53 Å². The van der Waals surface area contributed by atoms with E-state index in [1.807, 2.05) is 0 Å². The van der Waals surface area contributed by atoms with Gasteiger partial charge in [-0.3, -0.25) is 4.79 Å².